The lowest BCUT2D eigenvalue weighted by Crippen LogP contribution is -3.00. The van der Waals surface area contributed by atoms with Gasteiger partial charge in [-0.2, -0.15) is 0 Å². The summed E-state index contributed by atoms with van der Waals surface area (Å²) in [5, 5.41) is 3.28. The summed E-state index contributed by atoms with van der Waals surface area (Å²) in [6.45, 7) is 3.87. The number of halogens is 1. The van der Waals surface area contributed by atoms with Gasteiger partial charge in [0.15, 0.2) is 0 Å². The molecule has 0 saturated heterocycles. The van der Waals surface area contributed by atoms with Crippen LogP contribution in [0.2, 0.25) is 0 Å². The average Bonchev–Trinajstić information content (AvgIpc) is 2.52. The maximum Gasteiger partial charge on any atom is 0.328 e. The average molecular weight is 255 g/mol. The molecule has 0 unspecified atom stereocenters. The molecule has 0 aliphatic carbocycles. The summed E-state index contributed by atoms with van der Waals surface area (Å²) in [4.78, 5) is 11.7. The summed E-state index contributed by atoms with van der Waals surface area (Å²) in [6.07, 6.45) is 0. The second-order valence-corrected chi connectivity index (χ2v) is 4.00. The number of rotatable bonds is 3. The number of aromatic nitrogens is 2. The van der Waals surface area contributed by atoms with Crippen molar-refractivity contribution in [2.45, 2.75) is 13.5 Å². The fraction of sp³-hybridized carbons (Fsp3) is 0.417. The molecule has 1 aromatic carbocycles. The van der Waals surface area contributed by atoms with Crippen molar-refractivity contribution in [1.29, 1.82) is 0 Å². The molecule has 5 heteroatoms. The van der Waals surface area contributed by atoms with E-state index in [9.17, 15) is 4.79 Å². The van der Waals surface area contributed by atoms with Crippen LogP contribution in [0.4, 0.5) is 0 Å². The van der Waals surface area contributed by atoms with Crippen LogP contribution in [0.1, 0.15) is 12.5 Å². The number of hydrogen-bond acceptors (Lipinski definition) is 2. The number of nitrogens with zero attached hydrogens (tertiary/aromatic N) is 2. The van der Waals surface area contributed by atoms with Gasteiger partial charge in [-0.1, -0.05) is 13.0 Å². The van der Waals surface area contributed by atoms with Gasteiger partial charge in [0.2, 0.25) is 0 Å². The van der Waals surface area contributed by atoms with Crippen molar-refractivity contribution in [3.63, 3.8) is 0 Å². The molecule has 4 nitrogen and oxygen atoms in total. The number of fused-ring (bicyclic) bond motifs is 1. The van der Waals surface area contributed by atoms with E-state index >= 15 is 0 Å². The van der Waals surface area contributed by atoms with E-state index in [1.54, 1.807) is 16.2 Å². The third kappa shape index (κ3) is 2.37. The number of aryl methyl sites for hydroxylation is 2. The molecule has 17 heavy (non-hydrogen) atoms. The summed E-state index contributed by atoms with van der Waals surface area (Å²) in [7, 11) is 3.61. The quantitative estimate of drug-likeness (QED) is 0.688. The molecule has 1 N–H and O–H groups in total. The van der Waals surface area contributed by atoms with Crippen molar-refractivity contribution >= 4 is 11.0 Å². The van der Waals surface area contributed by atoms with Crippen molar-refractivity contribution < 1.29 is 12.4 Å². The number of benzene rings is 1. The lowest BCUT2D eigenvalue weighted by atomic mass is 10.2. The van der Waals surface area contributed by atoms with E-state index < -0.39 is 0 Å². The van der Waals surface area contributed by atoms with E-state index in [4.69, 9.17) is 0 Å². The molecule has 1 heterocycles. The molecule has 0 saturated carbocycles. The fourth-order valence-electron chi connectivity index (χ4n) is 1.93. The zero-order valence-corrected chi connectivity index (χ0v) is 11.1. The lowest BCUT2D eigenvalue weighted by Gasteiger charge is -2.03. The van der Waals surface area contributed by atoms with E-state index in [0.717, 1.165) is 24.1 Å². The minimum absolute atomic E-state index is 0. The zero-order valence-electron chi connectivity index (χ0n) is 10.3. The Kier molecular flexibility index (Phi) is 4.37. The molecule has 0 aliphatic heterocycles. The molecule has 0 fully saturated rings. The van der Waals surface area contributed by atoms with Crippen LogP contribution < -0.4 is 23.4 Å². The van der Waals surface area contributed by atoms with E-state index in [2.05, 4.69) is 24.4 Å². The maximum atomic E-state index is 11.7. The van der Waals surface area contributed by atoms with Crippen LogP contribution in [-0.4, -0.2) is 15.7 Å². The molecule has 0 radical (unpaired) electrons. The normalized spacial score (nSPS) is 10.5. The third-order valence-electron chi connectivity index (χ3n) is 2.92. The Bertz CT molecular complexity index is 571. The number of imidazole rings is 1. The standard InChI is InChI=1S/C12H17N3O.ClH/c1-4-13-8-9-5-6-10-11(7-9)15(3)12(16)14(10)2;/h5-7,13H,4,8H2,1-3H3;1H/p-1. The summed E-state index contributed by atoms with van der Waals surface area (Å²) in [5.74, 6) is 0. The first-order valence-corrected chi connectivity index (χ1v) is 5.50. The minimum atomic E-state index is 0. The lowest BCUT2D eigenvalue weighted by molar-refractivity contribution is -0.00000353. The van der Waals surface area contributed by atoms with E-state index in [1.807, 2.05) is 13.1 Å². The molecule has 94 valence electrons. The molecule has 0 amide bonds. The summed E-state index contributed by atoms with van der Waals surface area (Å²) < 4.78 is 3.36. The van der Waals surface area contributed by atoms with Crippen molar-refractivity contribution in [3.8, 4) is 0 Å². The van der Waals surface area contributed by atoms with Crippen LogP contribution in [0.5, 0.6) is 0 Å². The highest BCUT2D eigenvalue weighted by atomic mass is 35.5. The highest BCUT2D eigenvalue weighted by Crippen LogP contribution is 2.13. The number of hydrogen-bond donors (Lipinski definition) is 1. The van der Waals surface area contributed by atoms with Crippen molar-refractivity contribution in [1.82, 2.24) is 14.5 Å². The van der Waals surface area contributed by atoms with Gasteiger partial charge in [0.05, 0.1) is 11.0 Å². The molecular weight excluding hydrogens is 238 g/mol. The first-order chi connectivity index (χ1) is 7.65. The van der Waals surface area contributed by atoms with Crippen LogP contribution in [-0.2, 0) is 20.6 Å². The monoisotopic (exact) mass is 254 g/mol. The maximum absolute atomic E-state index is 11.7. The Morgan fingerprint density at radius 1 is 1.18 bits per heavy atom. The van der Waals surface area contributed by atoms with Gasteiger partial charge in [-0.3, -0.25) is 9.13 Å². The van der Waals surface area contributed by atoms with Crippen molar-refractivity contribution in [3.05, 3.63) is 34.2 Å². The van der Waals surface area contributed by atoms with Crippen LogP contribution in [0.15, 0.2) is 23.0 Å². The Morgan fingerprint density at radius 3 is 2.47 bits per heavy atom. The summed E-state index contributed by atoms with van der Waals surface area (Å²) in [6, 6.07) is 6.13. The largest absolute Gasteiger partial charge is 1.00 e. The Hall–Kier alpha value is -1.26. The van der Waals surface area contributed by atoms with Crippen molar-refractivity contribution in [2.75, 3.05) is 6.54 Å². The first kappa shape index (κ1) is 13.8. The van der Waals surface area contributed by atoms with Gasteiger partial charge in [0.25, 0.3) is 0 Å². The zero-order chi connectivity index (χ0) is 11.7. The van der Waals surface area contributed by atoms with E-state index in [-0.39, 0.29) is 18.1 Å². The highest BCUT2D eigenvalue weighted by Gasteiger charge is 2.07. The second-order valence-electron chi connectivity index (χ2n) is 4.00. The van der Waals surface area contributed by atoms with Crippen LogP contribution in [0, 0.1) is 0 Å². The van der Waals surface area contributed by atoms with Gasteiger partial charge >= 0.3 is 5.69 Å². The molecule has 0 atom stereocenters. The topological polar surface area (TPSA) is 39.0 Å². The van der Waals surface area contributed by atoms with Crippen LogP contribution >= 0.6 is 0 Å². The molecule has 0 bridgehead atoms. The Morgan fingerprint density at radius 2 is 1.82 bits per heavy atom. The smallest absolute Gasteiger partial charge is 0.328 e. The van der Waals surface area contributed by atoms with Crippen LogP contribution in [0.3, 0.4) is 0 Å². The molecule has 0 aliphatic rings. The molecule has 1 aromatic heterocycles. The fourth-order valence-corrected chi connectivity index (χ4v) is 1.93. The minimum Gasteiger partial charge on any atom is -1.00 e. The molecule has 2 aromatic rings. The van der Waals surface area contributed by atoms with Crippen LogP contribution in [0.25, 0.3) is 11.0 Å². The summed E-state index contributed by atoms with van der Waals surface area (Å²) >= 11 is 0. The molecule has 0 spiro atoms. The van der Waals surface area contributed by atoms with Gasteiger partial charge in [-0.15, -0.1) is 0 Å². The van der Waals surface area contributed by atoms with Gasteiger partial charge in [0, 0.05) is 20.6 Å². The van der Waals surface area contributed by atoms with Gasteiger partial charge in [-0.25, -0.2) is 4.79 Å². The predicted octanol–water partition coefficient (Wildman–Crippen LogP) is -2.01. The Labute approximate surface area is 107 Å². The summed E-state index contributed by atoms with van der Waals surface area (Å²) in [5.41, 5.74) is 3.20. The van der Waals surface area contributed by atoms with Crippen molar-refractivity contribution in [2.24, 2.45) is 14.1 Å². The van der Waals surface area contributed by atoms with Gasteiger partial charge in [0.1, 0.15) is 0 Å². The van der Waals surface area contributed by atoms with E-state index in [0.29, 0.717) is 0 Å². The molecule has 2 rings (SSSR count). The SMILES string of the molecule is CCNCc1ccc2c(c1)n(C)c(=O)n2C.[Cl-]. The highest BCUT2D eigenvalue weighted by molar-refractivity contribution is 5.76. The molecular formula is C12H17ClN3O-. The third-order valence-corrected chi connectivity index (χ3v) is 2.92. The second kappa shape index (κ2) is 5.38. The van der Waals surface area contributed by atoms with Gasteiger partial charge < -0.3 is 17.7 Å². The number of nitrogens with one attached hydrogen (secondary N) is 1. The first-order valence-electron chi connectivity index (χ1n) is 5.50. The van der Waals surface area contributed by atoms with E-state index in [1.165, 1.54) is 5.56 Å². The Balaban J connectivity index is 0.00000144. The predicted molar refractivity (Wildman–Crippen MR) is 65.5 cm³/mol. The van der Waals surface area contributed by atoms with Gasteiger partial charge in [-0.05, 0) is 24.2 Å².